The minimum Gasteiger partial charge on any atom is -0.469 e. The molecule has 0 aromatic carbocycles. The smallest absolute Gasteiger partial charge is 0.311 e. The second-order valence-electron chi connectivity index (χ2n) is 17.1. The molecule has 76 heavy (non-hydrogen) atoms. The summed E-state index contributed by atoms with van der Waals surface area (Å²) < 4.78 is 7.51. The van der Waals surface area contributed by atoms with Gasteiger partial charge in [-0.1, -0.05) is 82.5 Å². The second kappa shape index (κ2) is 29.5. The standard InChI is InChI=1S/C24H22Br2N8O2S2.C10H14N6S2.C8H8BrNO2.C6H6BrN/c25-17-8-2-6-15(27-17)11-19(35)29-23-33-31-21(37-23)13-4-1-5-14(10-13)22-32-34-24(38-22)30-20(36)12-16-7-3-9-18(26)28-16;11-9-15-13-7(17-9)5-2-1-3-6(4-5)8-14-16-10(12)18-8;1-12-8(11)5-6-3-2-4-7(9)10-6;1-5-3-2-4-6(7)8-5/h2-3,6-9,13-14H,1,4-5,10-12H2,(H,29,33,35)(H,30,34,36);5-6H,1-4H2,(H2,11,15)(H2,12,16);2-4H,5H2,1H3;2-4H,1H3/t13-,14-;5-,6-;;/m00../s1. The molecule has 8 aromatic heterocycles. The number of hydrogen-bond acceptors (Lipinski definition) is 22. The van der Waals surface area contributed by atoms with E-state index in [1.165, 1.54) is 58.9 Å². The van der Waals surface area contributed by atoms with Crippen molar-refractivity contribution >= 4 is 147 Å². The van der Waals surface area contributed by atoms with Crippen LogP contribution in [0.5, 0.6) is 0 Å². The fourth-order valence-electron chi connectivity index (χ4n) is 8.03. The van der Waals surface area contributed by atoms with Crippen LogP contribution in [0, 0.1) is 6.92 Å². The summed E-state index contributed by atoms with van der Waals surface area (Å²) in [5.41, 5.74) is 14.4. The molecule has 0 radical (unpaired) electrons. The van der Waals surface area contributed by atoms with Gasteiger partial charge in [0.15, 0.2) is 0 Å². The number of anilines is 4. The number of pyridine rings is 4. The van der Waals surface area contributed by atoms with E-state index in [1.807, 2.05) is 67.6 Å². The Bertz CT molecular complexity index is 3010. The molecule has 398 valence electrons. The third-order valence-corrected chi connectivity index (χ3v) is 17.0. The van der Waals surface area contributed by atoms with Crippen molar-refractivity contribution in [3.8, 4) is 0 Å². The maximum absolute atomic E-state index is 12.4. The normalized spacial score (nSPS) is 16.8. The Hall–Kier alpha value is -5.23. The van der Waals surface area contributed by atoms with Gasteiger partial charge in [0.2, 0.25) is 32.3 Å². The Balaban J connectivity index is 0.000000180. The molecule has 10 rings (SSSR count). The number of rotatable bonds is 12. The highest BCUT2D eigenvalue weighted by atomic mass is 79.9. The number of amides is 2. The zero-order valence-corrected chi connectivity index (χ0v) is 50.4. The summed E-state index contributed by atoms with van der Waals surface area (Å²) in [6.45, 7) is 1.96. The number of aryl methyl sites for hydroxylation is 1. The van der Waals surface area contributed by atoms with Crippen LogP contribution >= 0.6 is 109 Å². The van der Waals surface area contributed by atoms with Crippen LogP contribution in [0.2, 0.25) is 0 Å². The van der Waals surface area contributed by atoms with Gasteiger partial charge in [-0.25, -0.2) is 19.9 Å². The predicted octanol–water partition coefficient (Wildman–Crippen LogP) is 11.2. The van der Waals surface area contributed by atoms with E-state index in [4.69, 9.17) is 11.5 Å². The van der Waals surface area contributed by atoms with Crippen molar-refractivity contribution < 1.29 is 19.1 Å². The third-order valence-electron chi connectivity index (χ3n) is 11.4. The topological polar surface area (TPSA) is 291 Å². The quantitative estimate of drug-likeness (QED) is 0.0653. The van der Waals surface area contributed by atoms with Gasteiger partial charge < -0.3 is 26.8 Å². The van der Waals surface area contributed by atoms with Crippen LogP contribution in [0.15, 0.2) is 91.2 Å². The molecule has 2 amide bonds. The number of nitrogens with one attached hydrogen (secondary N) is 2. The first-order chi connectivity index (χ1) is 36.6. The molecule has 0 aliphatic heterocycles. The number of ether oxygens (including phenoxy) is 1. The number of carbonyl (C=O) groups excluding carboxylic acids is 3. The Morgan fingerprint density at radius 1 is 0.513 bits per heavy atom. The third kappa shape index (κ3) is 19.0. The van der Waals surface area contributed by atoms with Crippen LogP contribution in [0.25, 0.3) is 0 Å². The lowest BCUT2D eigenvalue weighted by Gasteiger charge is -2.25. The highest BCUT2D eigenvalue weighted by molar-refractivity contribution is 9.11. The van der Waals surface area contributed by atoms with E-state index in [0.717, 1.165) is 79.9 Å². The molecule has 0 bridgehead atoms. The van der Waals surface area contributed by atoms with Crippen molar-refractivity contribution in [3.63, 3.8) is 0 Å². The molecule has 0 unspecified atom stereocenters. The largest absolute Gasteiger partial charge is 0.469 e. The number of nitrogen functional groups attached to an aromatic ring is 2. The van der Waals surface area contributed by atoms with Crippen LogP contribution in [-0.4, -0.2) is 85.6 Å². The monoisotopic (exact) mass is 1360 g/mol. The zero-order valence-electron chi connectivity index (χ0n) is 40.8. The van der Waals surface area contributed by atoms with Crippen LogP contribution in [-0.2, 0) is 38.4 Å². The number of hydrogen-bond donors (Lipinski definition) is 4. The number of carbonyl (C=O) groups is 3. The summed E-state index contributed by atoms with van der Waals surface area (Å²) in [7, 11) is 1.36. The molecule has 2 saturated carbocycles. The lowest BCUT2D eigenvalue weighted by atomic mass is 9.82. The van der Waals surface area contributed by atoms with Gasteiger partial charge >= 0.3 is 5.97 Å². The number of methoxy groups -OCH3 is 1. The van der Waals surface area contributed by atoms with Gasteiger partial charge in [-0.3, -0.25) is 14.4 Å². The Labute approximate surface area is 487 Å². The van der Waals surface area contributed by atoms with E-state index in [2.05, 4.69) is 140 Å². The molecule has 28 heteroatoms. The zero-order chi connectivity index (χ0) is 54.0. The highest BCUT2D eigenvalue weighted by Gasteiger charge is 2.31. The van der Waals surface area contributed by atoms with Crippen LogP contribution in [0.4, 0.5) is 20.5 Å². The molecule has 2 fully saturated rings. The first-order valence-corrected chi connectivity index (χ1v) is 30.0. The SMILES string of the molecule is COC(=O)Cc1cccc(Br)n1.Cc1cccc(Br)n1.Nc1nnc([C@H]2CCC[C@H](c3nnc(N)s3)C2)s1.O=C(Cc1cccc(Br)n1)Nc1nnc([C@H]2CCC[C@H](c3nnc(NC(=O)Cc4cccc(Br)n4)s3)C2)s1. The van der Waals surface area contributed by atoms with Gasteiger partial charge in [-0.05, 0) is 158 Å². The van der Waals surface area contributed by atoms with Crippen molar-refractivity contribution in [1.82, 2.24) is 60.7 Å². The van der Waals surface area contributed by atoms with Crippen molar-refractivity contribution in [2.24, 2.45) is 0 Å². The molecular formula is C48H50Br4N16O4S4. The fraction of sp³-hybridized carbons (Fsp3) is 0.354. The highest BCUT2D eigenvalue weighted by Crippen LogP contribution is 2.45. The molecule has 8 heterocycles. The number of nitrogens with zero attached hydrogens (tertiary/aromatic N) is 12. The first kappa shape index (κ1) is 58.5. The Kier molecular flexibility index (Phi) is 22.7. The van der Waals surface area contributed by atoms with Gasteiger partial charge in [0.05, 0.1) is 43.5 Å². The van der Waals surface area contributed by atoms with Gasteiger partial charge in [0.25, 0.3) is 0 Å². The van der Waals surface area contributed by atoms with E-state index in [9.17, 15) is 14.4 Å². The molecule has 2 aliphatic rings. The minimum atomic E-state index is -0.277. The van der Waals surface area contributed by atoms with Crippen molar-refractivity contribution in [3.05, 3.63) is 134 Å². The maximum atomic E-state index is 12.4. The van der Waals surface area contributed by atoms with Crippen LogP contribution < -0.4 is 22.1 Å². The van der Waals surface area contributed by atoms with Crippen LogP contribution in [0.1, 0.15) is 118 Å². The number of nitrogens with two attached hydrogens (primary N) is 2. The maximum Gasteiger partial charge on any atom is 0.311 e. The summed E-state index contributed by atoms with van der Waals surface area (Å²) in [5, 5.41) is 44.9. The average molecular weight is 1360 g/mol. The first-order valence-electron chi connectivity index (χ1n) is 23.6. The molecule has 8 aromatic rings. The van der Waals surface area contributed by atoms with Gasteiger partial charge in [0.1, 0.15) is 38.4 Å². The molecule has 4 atom stereocenters. The predicted molar refractivity (Wildman–Crippen MR) is 309 cm³/mol. The summed E-state index contributed by atoms with van der Waals surface area (Å²) in [5.74, 6) is 0.715. The summed E-state index contributed by atoms with van der Waals surface area (Å²) >= 11 is 18.9. The lowest BCUT2D eigenvalue weighted by Crippen LogP contribution is -2.15. The minimum absolute atomic E-state index is 0.162. The second-order valence-corrected chi connectivity index (χ2v) is 24.5. The van der Waals surface area contributed by atoms with Crippen molar-refractivity contribution in [2.45, 2.75) is 101 Å². The van der Waals surface area contributed by atoms with Crippen molar-refractivity contribution in [1.29, 1.82) is 0 Å². The van der Waals surface area contributed by atoms with Gasteiger partial charge in [0, 0.05) is 29.4 Å². The van der Waals surface area contributed by atoms with E-state index >= 15 is 0 Å². The van der Waals surface area contributed by atoms with E-state index in [0.29, 0.717) is 58.7 Å². The molecular weight excluding hydrogens is 1310 g/mol. The van der Waals surface area contributed by atoms with E-state index in [1.54, 1.807) is 12.1 Å². The Morgan fingerprint density at radius 3 is 1.20 bits per heavy atom. The van der Waals surface area contributed by atoms with Crippen LogP contribution in [0.3, 0.4) is 0 Å². The van der Waals surface area contributed by atoms with Crippen molar-refractivity contribution in [2.75, 3.05) is 29.2 Å². The lowest BCUT2D eigenvalue weighted by molar-refractivity contribution is -0.139. The number of halogens is 4. The van der Waals surface area contributed by atoms with E-state index in [-0.39, 0.29) is 48.9 Å². The summed E-state index contributed by atoms with van der Waals surface area (Å²) in [6, 6.07) is 22.2. The Morgan fingerprint density at radius 2 is 0.868 bits per heavy atom. The van der Waals surface area contributed by atoms with Gasteiger partial charge in [-0.15, -0.1) is 40.8 Å². The number of aromatic nitrogens is 12. The van der Waals surface area contributed by atoms with Gasteiger partial charge in [-0.2, -0.15) is 0 Å². The molecule has 20 nitrogen and oxygen atoms in total. The molecule has 6 N–H and O–H groups in total. The average Bonchev–Trinajstić information content (AvgIpc) is 4.24. The number of esters is 1. The fourth-order valence-corrected chi connectivity index (χ4v) is 12.9. The summed E-state index contributed by atoms with van der Waals surface area (Å²) in [4.78, 5) is 52.4. The molecule has 2 aliphatic carbocycles. The summed E-state index contributed by atoms with van der Waals surface area (Å²) in [6.07, 6.45) is 8.97. The van der Waals surface area contributed by atoms with E-state index < -0.39 is 0 Å². The molecule has 0 saturated heterocycles. The molecule has 0 spiro atoms.